The molecule has 0 fully saturated rings. The number of unbranched alkanes of at least 4 members (excludes halogenated alkanes) is 45. The lowest BCUT2D eigenvalue weighted by Crippen LogP contribution is -2.45. The van der Waals surface area contributed by atoms with Gasteiger partial charge in [-0.05, 0) is 83.5 Å². The second-order valence-electron chi connectivity index (χ2n) is 22.8. The lowest BCUT2D eigenvalue weighted by atomic mass is 10.0. The fourth-order valence-electron chi connectivity index (χ4n) is 10.3. The number of ether oxygens (including phenoxy) is 1. The Kier molecular flexibility index (Phi) is 62.0. The van der Waals surface area contributed by atoms with Gasteiger partial charge in [0, 0.05) is 12.8 Å². The van der Waals surface area contributed by atoms with Gasteiger partial charge in [0.25, 0.3) is 0 Å². The van der Waals surface area contributed by atoms with Crippen LogP contribution in [-0.4, -0.2) is 47.4 Å². The first-order valence-corrected chi connectivity index (χ1v) is 33.2. The number of amides is 1. The van der Waals surface area contributed by atoms with E-state index in [0.717, 1.165) is 57.8 Å². The number of allylic oxidation sites excluding steroid dienone is 6. The van der Waals surface area contributed by atoms with Crippen LogP contribution >= 0.6 is 0 Å². The Morgan fingerprint density at radius 3 is 1.07 bits per heavy atom. The van der Waals surface area contributed by atoms with Crippen LogP contribution < -0.4 is 5.32 Å². The van der Waals surface area contributed by atoms with E-state index in [2.05, 4.69) is 55.6 Å². The Morgan fingerprint density at radius 2 is 0.676 bits per heavy atom. The van der Waals surface area contributed by atoms with Crippen molar-refractivity contribution in [2.75, 3.05) is 13.2 Å². The number of aliphatic hydroxyl groups excluding tert-OH is 2. The minimum atomic E-state index is -0.673. The van der Waals surface area contributed by atoms with Crippen molar-refractivity contribution in [1.29, 1.82) is 0 Å². The molecule has 2 atom stereocenters. The molecule has 3 N–H and O–H groups in total. The summed E-state index contributed by atoms with van der Waals surface area (Å²) in [5.74, 6) is -0.0510. The molecule has 0 saturated carbocycles. The van der Waals surface area contributed by atoms with Gasteiger partial charge < -0.3 is 20.3 Å². The summed E-state index contributed by atoms with van der Waals surface area (Å²) >= 11 is 0. The molecule has 6 heteroatoms. The summed E-state index contributed by atoms with van der Waals surface area (Å²) < 4.78 is 5.47. The van der Waals surface area contributed by atoms with Crippen LogP contribution in [0.25, 0.3) is 0 Å². The van der Waals surface area contributed by atoms with Gasteiger partial charge in [0.1, 0.15) is 0 Å². The molecule has 1 amide bonds. The molecule has 74 heavy (non-hydrogen) atoms. The van der Waals surface area contributed by atoms with E-state index in [1.807, 2.05) is 0 Å². The van der Waals surface area contributed by atoms with Crippen LogP contribution in [0.2, 0.25) is 0 Å². The summed E-state index contributed by atoms with van der Waals surface area (Å²) in [5.41, 5.74) is 0. The molecule has 0 aromatic heterocycles. The highest BCUT2D eigenvalue weighted by Gasteiger charge is 2.20. The Morgan fingerprint density at radius 1 is 0.378 bits per heavy atom. The molecule has 0 bridgehead atoms. The quantitative estimate of drug-likeness (QED) is 0.0320. The predicted molar refractivity (Wildman–Crippen MR) is 324 cm³/mol. The molecule has 0 rings (SSSR count). The highest BCUT2D eigenvalue weighted by molar-refractivity contribution is 5.76. The molecule has 0 aromatic rings. The molecule has 0 saturated heterocycles. The van der Waals surface area contributed by atoms with Gasteiger partial charge in [-0.3, -0.25) is 9.59 Å². The summed E-state index contributed by atoms with van der Waals surface area (Å²) in [6.07, 6.45) is 80.2. The summed E-state index contributed by atoms with van der Waals surface area (Å²) in [4.78, 5) is 24.6. The summed E-state index contributed by atoms with van der Waals surface area (Å²) in [6.45, 7) is 4.93. The molecule has 0 aliphatic rings. The molecule has 0 aliphatic carbocycles. The van der Waals surface area contributed by atoms with Crippen LogP contribution in [0.1, 0.15) is 361 Å². The number of carbonyl (C=O) groups excluding carboxylic acids is 2. The fraction of sp³-hybridized carbons (Fsp3) is 0.882. The van der Waals surface area contributed by atoms with E-state index in [-0.39, 0.29) is 18.5 Å². The maximum Gasteiger partial charge on any atom is 0.305 e. The lowest BCUT2D eigenvalue weighted by Gasteiger charge is -2.22. The largest absolute Gasteiger partial charge is 0.466 e. The summed E-state index contributed by atoms with van der Waals surface area (Å²) in [7, 11) is 0. The molecule has 2 unspecified atom stereocenters. The third-order valence-corrected chi connectivity index (χ3v) is 15.4. The zero-order valence-electron chi connectivity index (χ0n) is 49.8. The lowest BCUT2D eigenvalue weighted by molar-refractivity contribution is -0.143. The normalized spacial score (nSPS) is 12.8. The third-order valence-electron chi connectivity index (χ3n) is 15.4. The maximum absolute atomic E-state index is 12.5. The Labute approximate surface area is 462 Å². The first-order chi connectivity index (χ1) is 36.5. The van der Waals surface area contributed by atoms with Crippen LogP contribution in [0.5, 0.6) is 0 Å². The predicted octanol–water partition coefficient (Wildman–Crippen LogP) is 21.1. The standard InChI is InChI=1S/C68H129NO5/c1-3-5-7-9-11-13-15-17-19-20-21-22-23-24-26-29-33-36-40-44-48-52-56-60-66(71)65(64-70)69-67(72)61-57-53-49-45-41-37-34-30-27-25-28-31-35-39-43-47-51-55-59-63-74-68(73)62-58-54-50-46-42-38-32-18-16-14-12-10-8-6-4-2/h12,14,18,25,27,32,65-66,70-71H,3-11,13,15-17,19-24,26,28-31,33-64H2,1-2H3,(H,69,72)/b14-12-,27-25-,32-18-. The van der Waals surface area contributed by atoms with Crippen molar-refractivity contribution < 1.29 is 24.5 Å². The first kappa shape index (κ1) is 72.1. The van der Waals surface area contributed by atoms with Crippen molar-refractivity contribution in [2.45, 2.75) is 373 Å². The molecule has 0 spiro atoms. The number of aliphatic hydroxyl groups is 2. The van der Waals surface area contributed by atoms with Gasteiger partial charge in [-0.15, -0.1) is 0 Å². The third kappa shape index (κ3) is 59.3. The highest BCUT2D eigenvalue weighted by atomic mass is 16.5. The van der Waals surface area contributed by atoms with E-state index in [1.165, 1.54) is 270 Å². The molecular formula is C68H129NO5. The van der Waals surface area contributed by atoms with E-state index in [1.54, 1.807) is 0 Å². The number of hydrogen-bond acceptors (Lipinski definition) is 5. The van der Waals surface area contributed by atoms with E-state index in [4.69, 9.17) is 4.74 Å². The number of carbonyl (C=O) groups is 2. The zero-order chi connectivity index (χ0) is 53.6. The number of esters is 1. The Balaban J connectivity index is 3.44. The second-order valence-corrected chi connectivity index (χ2v) is 22.8. The van der Waals surface area contributed by atoms with Crippen molar-refractivity contribution in [1.82, 2.24) is 5.32 Å². The molecule has 0 radical (unpaired) electrons. The van der Waals surface area contributed by atoms with Crippen LogP contribution in [0.15, 0.2) is 36.5 Å². The topological polar surface area (TPSA) is 95.9 Å². The molecule has 0 heterocycles. The average Bonchev–Trinajstić information content (AvgIpc) is 3.40. The minimum absolute atomic E-state index is 0.00948. The number of hydrogen-bond donors (Lipinski definition) is 3. The van der Waals surface area contributed by atoms with Crippen molar-refractivity contribution in [3.8, 4) is 0 Å². The summed E-state index contributed by atoms with van der Waals surface area (Å²) in [5, 5.41) is 23.4. The second kappa shape index (κ2) is 63.6. The van der Waals surface area contributed by atoms with Crippen molar-refractivity contribution in [3.63, 3.8) is 0 Å². The van der Waals surface area contributed by atoms with E-state index in [0.29, 0.717) is 25.9 Å². The highest BCUT2D eigenvalue weighted by Crippen LogP contribution is 2.18. The smallest absolute Gasteiger partial charge is 0.305 e. The van der Waals surface area contributed by atoms with E-state index >= 15 is 0 Å². The molecule has 436 valence electrons. The van der Waals surface area contributed by atoms with Gasteiger partial charge in [-0.25, -0.2) is 0 Å². The molecular weight excluding hydrogens is 911 g/mol. The molecule has 6 nitrogen and oxygen atoms in total. The summed E-state index contributed by atoms with van der Waals surface area (Å²) in [6, 6.07) is -0.551. The minimum Gasteiger partial charge on any atom is -0.466 e. The van der Waals surface area contributed by atoms with E-state index in [9.17, 15) is 19.8 Å². The Bertz CT molecular complexity index is 1200. The van der Waals surface area contributed by atoms with Crippen LogP contribution in [0, 0.1) is 0 Å². The molecule has 0 aromatic carbocycles. The van der Waals surface area contributed by atoms with Crippen LogP contribution in [0.4, 0.5) is 0 Å². The fourth-order valence-corrected chi connectivity index (χ4v) is 10.3. The van der Waals surface area contributed by atoms with Gasteiger partial charge in [0.05, 0.1) is 25.4 Å². The SMILES string of the molecule is CCCCC/C=C\C/C=C\CCCCCCCC(=O)OCCCCCCCCCC/C=C\CCCCCCCCCC(=O)NC(CO)C(O)CCCCCCCCCCCCCCCCCCCCCCCCC. The van der Waals surface area contributed by atoms with Gasteiger partial charge >= 0.3 is 5.97 Å². The van der Waals surface area contributed by atoms with Crippen molar-refractivity contribution >= 4 is 11.9 Å². The maximum atomic E-state index is 12.5. The van der Waals surface area contributed by atoms with Crippen molar-refractivity contribution in [3.05, 3.63) is 36.5 Å². The first-order valence-electron chi connectivity index (χ1n) is 33.2. The van der Waals surface area contributed by atoms with Crippen molar-refractivity contribution in [2.24, 2.45) is 0 Å². The zero-order valence-corrected chi connectivity index (χ0v) is 49.8. The van der Waals surface area contributed by atoms with E-state index < -0.39 is 12.1 Å². The number of rotatable bonds is 62. The average molecular weight is 1040 g/mol. The van der Waals surface area contributed by atoms with Gasteiger partial charge in [-0.2, -0.15) is 0 Å². The molecule has 0 aliphatic heterocycles. The van der Waals surface area contributed by atoms with Gasteiger partial charge in [-0.1, -0.05) is 301 Å². The van der Waals surface area contributed by atoms with Crippen LogP contribution in [0.3, 0.4) is 0 Å². The van der Waals surface area contributed by atoms with Crippen LogP contribution in [-0.2, 0) is 14.3 Å². The Hall–Kier alpha value is -1.92. The monoisotopic (exact) mass is 1040 g/mol. The number of nitrogens with one attached hydrogen (secondary N) is 1. The van der Waals surface area contributed by atoms with Gasteiger partial charge in [0.15, 0.2) is 0 Å². The van der Waals surface area contributed by atoms with Gasteiger partial charge in [0.2, 0.25) is 5.91 Å².